The molecule has 0 saturated heterocycles. The third-order valence-corrected chi connectivity index (χ3v) is 7.18. The van der Waals surface area contributed by atoms with Crippen LogP contribution in [-0.2, 0) is 11.6 Å². The van der Waals surface area contributed by atoms with Crippen LogP contribution in [0.5, 0.6) is 5.75 Å². The number of hydrogen-bond donors (Lipinski definition) is 1. The Kier molecular flexibility index (Phi) is 4.81. The van der Waals surface area contributed by atoms with E-state index in [1.54, 1.807) is 38.1 Å². The van der Waals surface area contributed by atoms with Crippen molar-refractivity contribution in [3.05, 3.63) is 86.1 Å². The van der Waals surface area contributed by atoms with Crippen LogP contribution >= 0.6 is 11.8 Å². The van der Waals surface area contributed by atoms with Crippen molar-refractivity contribution < 1.29 is 22.7 Å². The van der Waals surface area contributed by atoms with E-state index >= 15 is 0 Å². The van der Waals surface area contributed by atoms with Crippen LogP contribution in [0.4, 0.5) is 13.2 Å². The Morgan fingerprint density at radius 1 is 1.09 bits per heavy atom. The highest BCUT2D eigenvalue weighted by atomic mass is 32.2. The van der Waals surface area contributed by atoms with Crippen LogP contribution in [0.25, 0.3) is 16.7 Å². The monoisotopic (exact) mass is 481 g/mol. The van der Waals surface area contributed by atoms with E-state index in [0.29, 0.717) is 21.6 Å². The van der Waals surface area contributed by atoms with Crippen LogP contribution < -0.4 is 16.6 Å². The number of benzene rings is 2. The first kappa shape index (κ1) is 22.4. The summed E-state index contributed by atoms with van der Waals surface area (Å²) in [6.45, 7) is 3.35. The van der Waals surface area contributed by atoms with Gasteiger partial charge in [0, 0.05) is 22.1 Å². The Hall–Kier alpha value is -3.40. The van der Waals surface area contributed by atoms with Gasteiger partial charge in [0.2, 0.25) is 0 Å². The van der Waals surface area contributed by atoms with E-state index in [2.05, 4.69) is 0 Å². The van der Waals surface area contributed by atoms with Crippen molar-refractivity contribution in [2.75, 3.05) is 0 Å². The van der Waals surface area contributed by atoms with Crippen molar-refractivity contribution in [3.8, 4) is 11.4 Å². The van der Waals surface area contributed by atoms with Crippen LogP contribution in [0, 0.1) is 0 Å². The molecule has 2 aromatic carbocycles. The molecule has 0 aliphatic carbocycles. The summed E-state index contributed by atoms with van der Waals surface area (Å²) in [5.41, 5.74) is -2.28. The Bertz CT molecular complexity index is 1620. The average molecular weight is 481 g/mol. The first-order chi connectivity index (χ1) is 15.9. The Labute approximate surface area is 196 Å². The minimum absolute atomic E-state index is 0.152. The Balaban J connectivity index is 1.78. The van der Waals surface area contributed by atoms with E-state index in [1.807, 2.05) is 0 Å². The number of fused-ring (bicyclic) bond motifs is 4. The van der Waals surface area contributed by atoms with Gasteiger partial charge in [0.25, 0.3) is 5.56 Å². The van der Waals surface area contributed by atoms with Crippen molar-refractivity contribution in [2.24, 2.45) is 0 Å². The topological polar surface area (TPSA) is 72.4 Å². The predicted octanol–water partition coefficient (Wildman–Crippen LogP) is 4.25. The van der Waals surface area contributed by atoms with Crippen LogP contribution in [0.1, 0.15) is 30.7 Å². The van der Waals surface area contributed by atoms with Crippen molar-refractivity contribution >= 4 is 36.0 Å². The van der Waals surface area contributed by atoms with E-state index in [9.17, 15) is 27.9 Å². The van der Waals surface area contributed by atoms with Gasteiger partial charge in [-0.15, -0.1) is 0 Å². The summed E-state index contributed by atoms with van der Waals surface area (Å²) in [6, 6.07) is 11.3. The van der Waals surface area contributed by atoms with Gasteiger partial charge in [0.1, 0.15) is 23.7 Å². The maximum Gasteiger partial charge on any atom is 0.416 e. The summed E-state index contributed by atoms with van der Waals surface area (Å²) in [7, 11) is 5.93. The molecular weight excluding hydrogens is 466 g/mol. The molecule has 5 rings (SSSR count). The van der Waals surface area contributed by atoms with Crippen molar-refractivity contribution in [1.82, 2.24) is 4.57 Å². The molecule has 3 heterocycles. The number of aromatic nitrogens is 1. The van der Waals surface area contributed by atoms with Crippen LogP contribution in [0.15, 0.2) is 72.3 Å². The highest BCUT2D eigenvalue weighted by Crippen LogP contribution is 2.45. The highest BCUT2D eigenvalue weighted by molar-refractivity contribution is 7.99. The van der Waals surface area contributed by atoms with Crippen LogP contribution in [0.2, 0.25) is 0 Å². The minimum Gasteiger partial charge on any atom is -0.505 e. The number of rotatable bonds is 2. The normalized spacial score (nSPS) is 14.3. The Morgan fingerprint density at radius 2 is 1.79 bits per heavy atom. The molecule has 0 fully saturated rings. The van der Waals surface area contributed by atoms with Gasteiger partial charge in [-0.1, -0.05) is 49.3 Å². The molecule has 4 aromatic rings. The minimum atomic E-state index is -4.55. The zero-order valence-corrected chi connectivity index (χ0v) is 18.7. The van der Waals surface area contributed by atoms with Gasteiger partial charge in [-0.05, 0) is 29.8 Å². The van der Waals surface area contributed by atoms with Gasteiger partial charge in [-0.3, -0.25) is 9.36 Å². The van der Waals surface area contributed by atoms with E-state index in [1.165, 1.54) is 16.7 Å². The Morgan fingerprint density at radius 3 is 2.47 bits per heavy atom. The number of nitrogens with zero attached hydrogens (tertiary/aromatic N) is 1. The van der Waals surface area contributed by atoms with Gasteiger partial charge in [0.05, 0.1) is 11.3 Å². The zero-order valence-electron chi connectivity index (χ0n) is 17.9. The van der Waals surface area contributed by atoms with Gasteiger partial charge < -0.3 is 9.52 Å². The molecule has 2 radical (unpaired) electrons. The van der Waals surface area contributed by atoms with E-state index in [-0.39, 0.29) is 21.6 Å². The van der Waals surface area contributed by atoms with Gasteiger partial charge in [-0.2, -0.15) is 13.2 Å². The predicted molar refractivity (Wildman–Crippen MR) is 123 cm³/mol. The number of halogens is 3. The van der Waals surface area contributed by atoms with E-state index in [0.717, 1.165) is 23.9 Å². The lowest BCUT2D eigenvalue weighted by Crippen LogP contribution is -2.24. The molecule has 0 spiro atoms. The van der Waals surface area contributed by atoms with Gasteiger partial charge in [-0.25, -0.2) is 4.79 Å². The summed E-state index contributed by atoms with van der Waals surface area (Å²) in [5, 5.41) is 10.7. The summed E-state index contributed by atoms with van der Waals surface area (Å²) in [5.74, 6) is -0.571. The first-order valence-corrected chi connectivity index (χ1v) is 10.9. The summed E-state index contributed by atoms with van der Waals surface area (Å²) in [4.78, 5) is 26.5. The largest absolute Gasteiger partial charge is 0.505 e. The number of pyridine rings is 1. The van der Waals surface area contributed by atoms with Gasteiger partial charge >= 0.3 is 11.8 Å². The molecular formula is C24H15BF3NO4S. The molecule has 0 unspecified atom stereocenters. The lowest BCUT2D eigenvalue weighted by atomic mass is 9.82. The second kappa shape index (κ2) is 7.30. The SMILES string of the molecule is [B]c1ccccc1Sc1c(O)c2c(=O)n3c(cc2oc1=O)C(C)(C)c1cc(C(F)(F)F)ccc1-3. The summed E-state index contributed by atoms with van der Waals surface area (Å²) < 4.78 is 46.6. The highest BCUT2D eigenvalue weighted by Gasteiger charge is 2.41. The third-order valence-electron chi connectivity index (χ3n) is 6.02. The quantitative estimate of drug-likeness (QED) is 0.434. The lowest BCUT2D eigenvalue weighted by molar-refractivity contribution is -0.137. The standard InChI is InChI=1S/C24H15BF3NO4S/c1-23(2)12-9-11(24(26,27)28)7-8-14(12)29-17(23)10-15-18(21(29)31)19(30)20(22(32)33-15)34-16-6-4-3-5-13(16)25/h3-10,30H,1-2H3. The molecule has 1 aliphatic heterocycles. The zero-order chi connectivity index (χ0) is 24.6. The van der Waals surface area contributed by atoms with E-state index < -0.39 is 34.1 Å². The van der Waals surface area contributed by atoms with Crippen LogP contribution in [0.3, 0.4) is 0 Å². The maximum absolute atomic E-state index is 13.5. The molecule has 0 bridgehead atoms. The summed E-state index contributed by atoms with van der Waals surface area (Å²) in [6.07, 6.45) is -4.55. The number of hydrogen-bond acceptors (Lipinski definition) is 5. The smallest absolute Gasteiger partial charge is 0.416 e. The first-order valence-electron chi connectivity index (χ1n) is 10.1. The maximum atomic E-state index is 13.5. The fourth-order valence-corrected chi connectivity index (χ4v) is 5.14. The summed E-state index contributed by atoms with van der Waals surface area (Å²) >= 11 is 0.860. The lowest BCUT2D eigenvalue weighted by Gasteiger charge is -2.21. The molecule has 34 heavy (non-hydrogen) atoms. The molecule has 0 atom stereocenters. The van der Waals surface area contributed by atoms with Crippen LogP contribution in [-0.4, -0.2) is 17.5 Å². The van der Waals surface area contributed by atoms with Crippen molar-refractivity contribution in [1.29, 1.82) is 0 Å². The molecule has 1 aliphatic rings. The molecule has 5 nitrogen and oxygen atoms in total. The molecule has 0 saturated carbocycles. The van der Waals surface area contributed by atoms with Crippen molar-refractivity contribution in [2.45, 2.75) is 35.2 Å². The average Bonchev–Trinajstić information content (AvgIpc) is 2.98. The second-order valence-electron chi connectivity index (χ2n) is 8.47. The number of aromatic hydroxyl groups is 1. The van der Waals surface area contributed by atoms with E-state index in [4.69, 9.17) is 12.3 Å². The molecule has 10 heteroatoms. The second-order valence-corrected chi connectivity index (χ2v) is 9.52. The molecule has 0 amide bonds. The fraction of sp³-hybridized carbons (Fsp3) is 0.167. The fourth-order valence-electron chi connectivity index (χ4n) is 4.26. The van der Waals surface area contributed by atoms with Crippen molar-refractivity contribution in [3.63, 3.8) is 0 Å². The number of alkyl halides is 3. The third kappa shape index (κ3) is 3.19. The van der Waals surface area contributed by atoms with Gasteiger partial charge in [0.15, 0.2) is 5.75 Å². The molecule has 2 aromatic heterocycles. The molecule has 1 N–H and O–H groups in total. The molecule has 170 valence electrons.